The highest BCUT2D eigenvalue weighted by Crippen LogP contribution is 2.35. The molecule has 1 saturated heterocycles. The summed E-state index contributed by atoms with van der Waals surface area (Å²) in [6.45, 7) is 10.6. The van der Waals surface area contributed by atoms with Crippen LogP contribution in [0.3, 0.4) is 0 Å². The fraction of sp³-hybridized carbons (Fsp3) is 1.00. The highest BCUT2D eigenvalue weighted by Gasteiger charge is 2.32. The third-order valence-corrected chi connectivity index (χ3v) is 5.66. The molecule has 19 heavy (non-hydrogen) atoms. The summed E-state index contributed by atoms with van der Waals surface area (Å²) in [5, 5.41) is 9.84. The van der Waals surface area contributed by atoms with Crippen LogP contribution in [0.25, 0.3) is 0 Å². The summed E-state index contributed by atoms with van der Waals surface area (Å²) in [5.74, 6) is 2.73. The molecule has 0 amide bonds. The van der Waals surface area contributed by atoms with E-state index in [0.29, 0.717) is 12.1 Å². The van der Waals surface area contributed by atoms with E-state index < -0.39 is 0 Å². The highest BCUT2D eigenvalue weighted by molar-refractivity contribution is 4.86. The van der Waals surface area contributed by atoms with Crippen LogP contribution in [0.15, 0.2) is 0 Å². The molecule has 1 heterocycles. The predicted molar refractivity (Wildman–Crippen MR) is 81.2 cm³/mol. The molecular weight excluding hydrogens is 234 g/mol. The Morgan fingerprint density at radius 1 is 1.00 bits per heavy atom. The predicted octanol–water partition coefficient (Wildman–Crippen LogP) is 3.68. The van der Waals surface area contributed by atoms with Gasteiger partial charge in [-0.2, -0.15) is 0 Å². The van der Waals surface area contributed by atoms with Crippen molar-refractivity contribution in [2.24, 2.45) is 17.8 Å². The Bertz CT molecular complexity index is 258. The second kappa shape index (κ2) is 6.58. The van der Waals surface area contributed by atoms with Crippen molar-refractivity contribution in [3.63, 3.8) is 0 Å². The molecule has 1 saturated carbocycles. The van der Waals surface area contributed by atoms with Crippen LogP contribution in [0, 0.1) is 17.8 Å². The van der Waals surface area contributed by atoms with E-state index in [1.807, 2.05) is 0 Å². The lowest BCUT2D eigenvalue weighted by Gasteiger charge is -2.44. The van der Waals surface area contributed by atoms with E-state index in [4.69, 9.17) is 0 Å². The minimum atomic E-state index is -0.0714. The molecule has 2 rings (SSSR count). The molecule has 1 aliphatic heterocycles. The largest absolute Gasteiger partial charge is 0.393 e. The summed E-state index contributed by atoms with van der Waals surface area (Å²) in [4.78, 5) is 2.66. The van der Waals surface area contributed by atoms with Crippen LogP contribution in [0.4, 0.5) is 0 Å². The minimum absolute atomic E-state index is 0.0714. The van der Waals surface area contributed by atoms with Gasteiger partial charge in [0.1, 0.15) is 0 Å². The van der Waals surface area contributed by atoms with Crippen molar-refractivity contribution in [1.29, 1.82) is 0 Å². The molecule has 0 bridgehead atoms. The molecule has 2 nitrogen and oxygen atoms in total. The molecule has 0 aromatic heterocycles. The van der Waals surface area contributed by atoms with E-state index in [1.165, 1.54) is 32.2 Å². The third-order valence-electron chi connectivity index (χ3n) is 5.66. The Kier molecular flexibility index (Phi) is 5.30. The van der Waals surface area contributed by atoms with Crippen LogP contribution in [0.5, 0.6) is 0 Å². The lowest BCUT2D eigenvalue weighted by atomic mass is 9.76. The number of aliphatic hydroxyl groups excluding tert-OH is 1. The summed E-state index contributed by atoms with van der Waals surface area (Å²) in [5.41, 5.74) is 0. The topological polar surface area (TPSA) is 23.5 Å². The fourth-order valence-electron chi connectivity index (χ4n) is 4.28. The molecule has 1 N–H and O–H groups in total. The van der Waals surface area contributed by atoms with E-state index in [9.17, 15) is 5.11 Å². The summed E-state index contributed by atoms with van der Waals surface area (Å²) < 4.78 is 0. The molecule has 2 atom stereocenters. The van der Waals surface area contributed by atoms with Crippen molar-refractivity contribution in [3.8, 4) is 0 Å². The second-order valence-corrected chi connectivity index (χ2v) is 7.54. The van der Waals surface area contributed by atoms with Gasteiger partial charge in [0.2, 0.25) is 0 Å². The Balaban J connectivity index is 1.81. The van der Waals surface area contributed by atoms with Crippen molar-refractivity contribution >= 4 is 0 Å². The van der Waals surface area contributed by atoms with Crippen molar-refractivity contribution in [3.05, 3.63) is 0 Å². The summed E-state index contributed by atoms with van der Waals surface area (Å²) >= 11 is 0. The Morgan fingerprint density at radius 2 is 1.53 bits per heavy atom. The van der Waals surface area contributed by atoms with Crippen molar-refractivity contribution in [2.75, 3.05) is 6.54 Å². The highest BCUT2D eigenvalue weighted by atomic mass is 16.3. The van der Waals surface area contributed by atoms with Gasteiger partial charge in [-0.1, -0.05) is 13.8 Å². The lowest BCUT2D eigenvalue weighted by Crippen LogP contribution is -2.50. The van der Waals surface area contributed by atoms with Gasteiger partial charge < -0.3 is 5.11 Å². The molecule has 0 aromatic rings. The number of likely N-dealkylation sites (tertiary alicyclic amines) is 1. The first-order chi connectivity index (χ1) is 8.97. The standard InChI is InChI=1S/C17H33NO/c1-12(2)16-7-5-15(6-8-16)11-18-13(3)9-17(19)10-14(18)4/h12-17,19H,5-11H2,1-4H3. The molecule has 2 heteroatoms. The van der Waals surface area contributed by atoms with Crippen LogP contribution in [0.1, 0.15) is 66.2 Å². The van der Waals surface area contributed by atoms with Crippen LogP contribution in [-0.4, -0.2) is 34.7 Å². The maximum Gasteiger partial charge on any atom is 0.0569 e. The van der Waals surface area contributed by atoms with Gasteiger partial charge in [-0.05, 0) is 70.1 Å². The number of piperidine rings is 1. The Hall–Kier alpha value is -0.0800. The lowest BCUT2D eigenvalue weighted by molar-refractivity contribution is -0.000175. The van der Waals surface area contributed by atoms with E-state index >= 15 is 0 Å². The van der Waals surface area contributed by atoms with Gasteiger partial charge in [0.05, 0.1) is 6.10 Å². The molecule has 0 aromatic carbocycles. The molecule has 2 aliphatic rings. The molecule has 2 unspecified atom stereocenters. The zero-order chi connectivity index (χ0) is 14.0. The average molecular weight is 267 g/mol. The summed E-state index contributed by atoms with van der Waals surface area (Å²) in [6.07, 6.45) is 7.56. The summed E-state index contributed by atoms with van der Waals surface area (Å²) in [7, 11) is 0. The number of aliphatic hydroxyl groups is 1. The van der Waals surface area contributed by atoms with Crippen molar-refractivity contribution < 1.29 is 5.11 Å². The van der Waals surface area contributed by atoms with Crippen molar-refractivity contribution in [2.45, 2.75) is 84.4 Å². The molecule has 1 aliphatic carbocycles. The van der Waals surface area contributed by atoms with E-state index in [0.717, 1.165) is 30.6 Å². The molecule has 112 valence electrons. The Labute approximate surface area is 119 Å². The first-order valence-corrected chi connectivity index (χ1v) is 8.41. The van der Waals surface area contributed by atoms with Crippen LogP contribution >= 0.6 is 0 Å². The van der Waals surface area contributed by atoms with Crippen LogP contribution < -0.4 is 0 Å². The van der Waals surface area contributed by atoms with Crippen LogP contribution in [0.2, 0.25) is 0 Å². The Morgan fingerprint density at radius 3 is 2.00 bits per heavy atom. The third kappa shape index (κ3) is 3.95. The summed E-state index contributed by atoms with van der Waals surface area (Å²) in [6, 6.07) is 1.11. The monoisotopic (exact) mass is 267 g/mol. The molecule has 0 radical (unpaired) electrons. The van der Waals surface area contributed by atoms with Gasteiger partial charge in [0.25, 0.3) is 0 Å². The maximum atomic E-state index is 9.84. The van der Waals surface area contributed by atoms with Gasteiger partial charge in [-0.3, -0.25) is 4.90 Å². The van der Waals surface area contributed by atoms with E-state index in [2.05, 4.69) is 32.6 Å². The van der Waals surface area contributed by atoms with Crippen LogP contribution in [-0.2, 0) is 0 Å². The quantitative estimate of drug-likeness (QED) is 0.843. The fourth-order valence-corrected chi connectivity index (χ4v) is 4.28. The number of hydrogen-bond donors (Lipinski definition) is 1. The zero-order valence-corrected chi connectivity index (χ0v) is 13.3. The molecular formula is C17H33NO. The van der Waals surface area contributed by atoms with Gasteiger partial charge in [0.15, 0.2) is 0 Å². The molecule has 0 spiro atoms. The average Bonchev–Trinajstić information content (AvgIpc) is 2.34. The van der Waals surface area contributed by atoms with E-state index in [-0.39, 0.29) is 6.10 Å². The van der Waals surface area contributed by atoms with E-state index in [1.54, 1.807) is 0 Å². The first kappa shape index (κ1) is 15.3. The second-order valence-electron chi connectivity index (χ2n) is 7.54. The van der Waals surface area contributed by atoms with Gasteiger partial charge in [-0.25, -0.2) is 0 Å². The van der Waals surface area contributed by atoms with Gasteiger partial charge in [-0.15, -0.1) is 0 Å². The molecule has 2 fully saturated rings. The van der Waals surface area contributed by atoms with Crippen molar-refractivity contribution in [1.82, 2.24) is 4.90 Å². The number of hydrogen-bond acceptors (Lipinski definition) is 2. The first-order valence-electron chi connectivity index (χ1n) is 8.41. The zero-order valence-electron chi connectivity index (χ0n) is 13.3. The smallest absolute Gasteiger partial charge is 0.0569 e. The normalized spacial score (nSPS) is 41.7. The van der Waals surface area contributed by atoms with Gasteiger partial charge in [0, 0.05) is 18.6 Å². The number of rotatable bonds is 3. The SMILES string of the molecule is CC(C)C1CCC(CN2C(C)CC(O)CC2C)CC1. The van der Waals surface area contributed by atoms with Gasteiger partial charge >= 0.3 is 0 Å². The maximum absolute atomic E-state index is 9.84. The number of nitrogens with zero attached hydrogens (tertiary/aromatic N) is 1. The minimum Gasteiger partial charge on any atom is -0.393 e.